The summed E-state index contributed by atoms with van der Waals surface area (Å²) in [6.45, 7) is 14.2. The first kappa shape index (κ1) is 35.5. The minimum atomic E-state index is -0.315. The van der Waals surface area contributed by atoms with Gasteiger partial charge in [0.05, 0.1) is 19.8 Å². The van der Waals surface area contributed by atoms with Crippen LogP contribution >= 0.6 is 0 Å². The molecule has 42 heavy (non-hydrogen) atoms. The number of ketones is 2. The number of ether oxygens (including phenoxy) is 3. The molecule has 0 saturated carbocycles. The molecule has 0 aliphatic carbocycles. The maximum Gasteiger partial charge on any atom is 0.162 e. The van der Waals surface area contributed by atoms with Gasteiger partial charge in [0.15, 0.2) is 23.1 Å². The zero-order valence-electron chi connectivity index (χ0n) is 24.7. The molecule has 0 bridgehead atoms. The molecule has 0 aliphatic rings. The molecule has 0 saturated heterocycles. The quantitative estimate of drug-likeness (QED) is 0.159. The molecule has 3 rings (SSSR count). The lowest BCUT2D eigenvalue weighted by atomic mass is 10.0. The molecule has 224 valence electrons. The minimum absolute atomic E-state index is 0. The summed E-state index contributed by atoms with van der Waals surface area (Å²) in [5.74, 6) is 1.01. The fourth-order valence-corrected chi connectivity index (χ4v) is 4.00. The van der Waals surface area contributed by atoms with Crippen LogP contribution in [-0.2, 0) is 17.8 Å². The van der Waals surface area contributed by atoms with E-state index in [-0.39, 0.29) is 31.4 Å². The highest BCUT2D eigenvalue weighted by molar-refractivity contribution is 5.95. The van der Waals surface area contributed by atoms with Gasteiger partial charge in [-0.05, 0) is 79.8 Å². The largest absolute Gasteiger partial charge is 0.496 e. The smallest absolute Gasteiger partial charge is 0.162 e. The van der Waals surface area contributed by atoms with Crippen molar-refractivity contribution in [1.29, 1.82) is 0 Å². The van der Waals surface area contributed by atoms with Crippen LogP contribution in [0.4, 0.5) is 4.39 Å². The van der Waals surface area contributed by atoms with E-state index in [0.29, 0.717) is 40.4 Å². The second-order valence-electron chi connectivity index (χ2n) is 9.20. The average Bonchev–Trinajstić information content (AvgIpc) is 2.96. The summed E-state index contributed by atoms with van der Waals surface area (Å²) >= 11 is 0. The molecule has 0 amide bonds. The van der Waals surface area contributed by atoms with Crippen molar-refractivity contribution >= 4 is 29.8 Å². The third-order valence-corrected chi connectivity index (χ3v) is 6.20. The Bertz CT molecular complexity index is 1440. The van der Waals surface area contributed by atoms with Crippen LogP contribution in [-0.4, -0.2) is 30.8 Å². The van der Waals surface area contributed by atoms with Crippen LogP contribution in [0.15, 0.2) is 55.8 Å². The molecule has 1 aromatic heterocycles. The molecular formula is C35H42FNO5. The molecular weight excluding hydrogens is 533 g/mol. The summed E-state index contributed by atoms with van der Waals surface area (Å²) in [6.07, 6.45) is 9.69. The summed E-state index contributed by atoms with van der Waals surface area (Å²) in [5, 5.41) is 0. The number of hydrogen-bond acceptors (Lipinski definition) is 6. The Morgan fingerprint density at radius 3 is 2.19 bits per heavy atom. The molecule has 0 atom stereocenters. The van der Waals surface area contributed by atoms with Gasteiger partial charge in [0.1, 0.15) is 18.2 Å². The zero-order chi connectivity index (χ0) is 30.5. The van der Waals surface area contributed by atoms with Crippen molar-refractivity contribution in [3.63, 3.8) is 0 Å². The van der Waals surface area contributed by atoms with Crippen molar-refractivity contribution in [2.45, 2.75) is 54.6 Å². The number of benzene rings is 2. The highest BCUT2D eigenvalue weighted by Crippen LogP contribution is 2.34. The number of aryl methyl sites for hydroxylation is 2. The van der Waals surface area contributed by atoms with Gasteiger partial charge in [-0.1, -0.05) is 58.2 Å². The Morgan fingerprint density at radius 1 is 0.976 bits per heavy atom. The number of aromatic nitrogens is 1. The van der Waals surface area contributed by atoms with E-state index in [4.69, 9.17) is 14.2 Å². The van der Waals surface area contributed by atoms with Crippen LogP contribution in [0.1, 0.15) is 78.5 Å². The summed E-state index contributed by atoms with van der Waals surface area (Å²) in [7, 11) is 3.03. The monoisotopic (exact) mass is 575 g/mol. The Balaban J connectivity index is 0.000000569. The van der Waals surface area contributed by atoms with Crippen LogP contribution in [0.5, 0.6) is 17.2 Å². The van der Waals surface area contributed by atoms with Gasteiger partial charge < -0.3 is 14.2 Å². The number of methoxy groups -OCH3 is 2. The molecule has 0 fully saturated rings. The van der Waals surface area contributed by atoms with E-state index in [9.17, 15) is 14.0 Å². The molecule has 0 aliphatic heterocycles. The molecule has 3 aromatic rings. The van der Waals surface area contributed by atoms with E-state index >= 15 is 0 Å². The van der Waals surface area contributed by atoms with Gasteiger partial charge in [0.2, 0.25) is 0 Å². The average molecular weight is 576 g/mol. The number of carbonyl (C=O) groups excluding carboxylic acids is 2. The second kappa shape index (κ2) is 17.3. The fourth-order valence-electron chi connectivity index (χ4n) is 4.00. The highest BCUT2D eigenvalue weighted by Gasteiger charge is 2.16. The van der Waals surface area contributed by atoms with E-state index in [0.717, 1.165) is 28.8 Å². The van der Waals surface area contributed by atoms with E-state index in [2.05, 4.69) is 18.1 Å². The van der Waals surface area contributed by atoms with Crippen LogP contribution in [0.25, 0.3) is 18.2 Å². The SMILES string of the molecule is C.C=Cc1cc(OC)c(OCc2c(OC)ccc(CCC)c2F)cc1/C=C\C(C)=O.C=Cc1cnc(C)c(C(C)=O)c1. The summed E-state index contributed by atoms with van der Waals surface area (Å²) < 4.78 is 31.6. The van der Waals surface area contributed by atoms with E-state index in [1.165, 1.54) is 34.1 Å². The standard InChI is InChI=1S/C24H27FO4.C10H11NO.CH4/c1-6-8-18-11-12-21(27-4)20(24(18)25)15-29-23-14-19(10-9-16(3)26)17(7-2)13-22(23)28-5;1-4-9-5-10(8(3)12)7(2)11-6-9;/h7,9-14H,2,6,8,15H2,1,3-5H3;4-6H,1H2,2-3H3;1H4/b10-9-;;. The third kappa shape index (κ3) is 9.54. The minimum Gasteiger partial charge on any atom is -0.496 e. The van der Waals surface area contributed by atoms with Crippen molar-refractivity contribution in [2.24, 2.45) is 0 Å². The number of hydrogen-bond donors (Lipinski definition) is 0. The van der Waals surface area contributed by atoms with Gasteiger partial charge in [-0.15, -0.1) is 0 Å². The van der Waals surface area contributed by atoms with Crippen molar-refractivity contribution in [3.05, 3.63) is 101 Å². The second-order valence-corrected chi connectivity index (χ2v) is 9.20. The van der Waals surface area contributed by atoms with E-state index in [1.807, 2.05) is 13.8 Å². The Morgan fingerprint density at radius 2 is 1.64 bits per heavy atom. The Hall–Kier alpha value is -4.52. The predicted molar refractivity (Wildman–Crippen MR) is 170 cm³/mol. The molecule has 0 spiro atoms. The van der Waals surface area contributed by atoms with Gasteiger partial charge in [-0.2, -0.15) is 0 Å². The predicted octanol–water partition coefficient (Wildman–Crippen LogP) is 8.49. The lowest BCUT2D eigenvalue weighted by Gasteiger charge is -2.16. The van der Waals surface area contributed by atoms with Gasteiger partial charge in [-0.25, -0.2) is 4.39 Å². The fraction of sp³-hybridized carbons (Fsp3) is 0.286. The van der Waals surface area contributed by atoms with E-state index < -0.39 is 0 Å². The van der Waals surface area contributed by atoms with Gasteiger partial charge >= 0.3 is 0 Å². The van der Waals surface area contributed by atoms with Crippen LogP contribution < -0.4 is 14.2 Å². The zero-order valence-corrected chi connectivity index (χ0v) is 24.7. The lowest BCUT2D eigenvalue weighted by Crippen LogP contribution is -2.06. The molecule has 6 nitrogen and oxygen atoms in total. The van der Waals surface area contributed by atoms with Crippen LogP contribution in [0.3, 0.4) is 0 Å². The van der Waals surface area contributed by atoms with Crippen LogP contribution in [0, 0.1) is 12.7 Å². The normalized spacial score (nSPS) is 10.2. The van der Waals surface area contributed by atoms with Crippen molar-refractivity contribution < 1.29 is 28.2 Å². The first-order valence-corrected chi connectivity index (χ1v) is 13.2. The maximum atomic E-state index is 14.9. The Kier molecular flexibility index (Phi) is 14.6. The highest BCUT2D eigenvalue weighted by atomic mass is 19.1. The molecule has 7 heteroatoms. The van der Waals surface area contributed by atoms with Crippen molar-refractivity contribution in [2.75, 3.05) is 14.2 Å². The van der Waals surface area contributed by atoms with Crippen LogP contribution in [0.2, 0.25) is 0 Å². The topological polar surface area (TPSA) is 74.7 Å². The first-order chi connectivity index (χ1) is 19.6. The summed E-state index contributed by atoms with van der Waals surface area (Å²) in [5.41, 5.74) is 4.85. The van der Waals surface area contributed by atoms with Crippen molar-refractivity contribution in [3.8, 4) is 17.2 Å². The molecule has 0 unspecified atom stereocenters. The van der Waals surface area contributed by atoms with Gasteiger partial charge in [0, 0.05) is 17.5 Å². The number of allylic oxidation sites excluding steroid dienone is 1. The van der Waals surface area contributed by atoms with Crippen molar-refractivity contribution in [1.82, 2.24) is 4.98 Å². The number of rotatable bonds is 12. The number of pyridine rings is 1. The molecule has 1 heterocycles. The lowest BCUT2D eigenvalue weighted by molar-refractivity contribution is -0.112. The van der Waals surface area contributed by atoms with Gasteiger partial charge in [-0.3, -0.25) is 14.6 Å². The number of Topliss-reactive ketones (excluding diaryl/α,β-unsaturated/α-hetero) is 1. The summed E-state index contributed by atoms with van der Waals surface area (Å²) in [4.78, 5) is 26.4. The molecule has 0 radical (unpaired) electrons. The maximum absolute atomic E-state index is 14.9. The number of halogens is 1. The number of carbonyl (C=O) groups is 2. The molecule has 2 aromatic carbocycles. The molecule has 0 N–H and O–H groups in total. The van der Waals surface area contributed by atoms with E-state index in [1.54, 1.807) is 54.8 Å². The first-order valence-electron chi connectivity index (χ1n) is 13.2. The van der Waals surface area contributed by atoms with Gasteiger partial charge in [0.25, 0.3) is 0 Å². The third-order valence-electron chi connectivity index (χ3n) is 6.20. The summed E-state index contributed by atoms with van der Waals surface area (Å²) in [6, 6.07) is 8.81. The Labute approximate surface area is 249 Å². The number of nitrogens with zero attached hydrogens (tertiary/aromatic N) is 1.